The van der Waals surface area contributed by atoms with E-state index in [0.717, 1.165) is 18.1 Å². The van der Waals surface area contributed by atoms with Gasteiger partial charge >= 0.3 is 0 Å². The van der Waals surface area contributed by atoms with Crippen LogP contribution in [0.15, 0.2) is 18.3 Å². The standard InChI is InChI=1S/C11H19N3/c1-3-4-5-8-13-11-7-6-10(12-2)9-14-11/h6-7,9,12H,3-5,8H2,1-2H3,(H,13,14). The van der Waals surface area contributed by atoms with Crippen molar-refractivity contribution in [2.24, 2.45) is 0 Å². The molecule has 1 aromatic heterocycles. The van der Waals surface area contributed by atoms with Crippen LogP contribution in [0.2, 0.25) is 0 Å². The Bertz CT molecular complexity index is 243. The van der Waals surface area contributed by atoms with Crippen LogP contribution in [0.3, 0.4) is 0 Å². The fourth-order valence-corrected chi connectivity index (χ4v) is 1.24. The van der Waals surface area contributed by atoms with E-state index < -0.39 is 0 Å². The largest absolute Gasteiger partial charge is 0.387 e. The van der Waals surface area contributed by atoms with E-state index in [2.05, 4.69) is 22.5 Å². The topological polar surface area (TPSA) is 37.0 Å². The Morgan fingerprint density at radius 2 is 2.14 bits per heavy atom. The molecule has 14 heavy (non-hydrogen) atoms. The molecule has 0 spiro atoms. The molecular weight excluding hydrogens is 174 g/mol. The van der Waals surface area contributed by atoms with Gasteiger partial charge in [-0.2, -0.15) is 0 Å². The zero-order chi connectivity index (χ0) is 10.2. The minimum atomic E-state index is 0.958. The van der Waals surface area contributed by atoms with Crippen molar-refractivity contribution in [2.45, 2.75) is 26.2 Å². The maximum atomic E-state index is 4.27. The molecule has 0 unspecified atom stereocenters. The zero-order valence-corrected chi connectivity index (χ0v) is 9.01. The van der Waals surface area contributed by atoms with Gasteiger partial charge in [0.25, 0.3) is 0 Å². The van der Waals surface area contributed by atoms with Crippen molar-refractivity contribution in [1.82, 2.24) is 4.98 Å². The number of pyridine rings is 1. The first-order chi connectivity index (χ1) is 6.86. The monoisotopic (exact) mass is 193 g/mol. The molecule has 0 aliphatic heterocycles. The van der Waals surface area contributed by atoms with Gasteiger partial charge in [0.05, 0.1) is 11.9 Å². The smallest absolute Gasteiger partial charge is 0.126 e. The third-order valence-corrected chi connectivity index (χ3v) is 2.14. The van der Waals surface area contributed by atoms with E-state index in [1.54, 1.807) is 0 Å². The van der Waals surface area contributed by atoms with Gasteiger partial charge in [0, 0.05) is 13.6 Å². The van der Waals surface area contributed by atoms with Gasteiger partial charge in [-0.05, 0) is 18.6 Å². The molecular formula is C11H19N3. The molecule has 2 N–H and O–H groups in total. The van der Waals surface area contributed by atoms with Crippen LogP contribution in [0.1, 0.15) is 26.2 Å². The first kappa shape index (κ1) is 10.8. The minimum absolute atomic E-state index is 0.958. The number of anilines is 2. The molecule has 0 atom stereocenters. The molecule has 0 aliphatic carbocycles. The summed E-state index contributed by atoms with van der Waals surface area (Å²) in [4.78, 5) is 4.27. The van der Waals surface area contributed by atoms with Crippen LogP contribution in [0, 0.1) is 0 Å². The molecule has 0 saturated heterocycles. The molecule has 0 fully saturated rings. The number of hydrogen-bond acceptors (Lipinski definition) is 3. The molecule has 0 radical (unpaired) electrons. The van der Waals surface area contributed by atoms with Crippen molar-refractivity contribution in [2.75, 3.05) is 24.2 Å². The second-order valence-corrected chi connectivity index (χ2v) is 3.32. The molecule has 0 saturated carbocycles. The highest BCUT2D eigenvalue weighted by molar-refractivity contribution is 5.46. The Kier molecular flexibility index (Phi) is 4.83. The lowest BCUT2D eigenvalue weighted by molar-refractivity contribution is 0.742. The molecule has 0 amide bonds. The predicted molar refractivity (Wildman–Crippen MR) is 61.8 cm³/mol. The molecule has 1 heterocycles. The Balaban J connectivity index is 2.29. The first-order valence-corrected chi connectivity index (χ1v) is 5.24. The highest BCUT2D eigenvalue weighted by atomic mass is 15.0. The highest BCUT2D eigenvalue weighted by Crippen LogP contribution is 2.08. The molecule has 1 aromatic rings. The molecule has 3 heteroatoms. The van der Waals surface area contributed by atoms with Crippen molar-refractivity contribution >= 4 is 11.5 Å². The molecule has 0 aromatic carbocycles. The maximum absolute atomic E-state index is 4.27. The normalized spacial score (nSPS) is 9.86. The zero-order valence-electron chi connectivity index (χ0n) is 9.01. The number of rotatable bonds is 6. The van der Waals surface area contributed by atoms with Crippen LogP contribution in [0.25, 0.3) is 0 Å². The first-order valence-electron chi connectivity index (χ1n) is 5.24. The Hall–Kier alpha value is -1.25. The number of hydrogen-bond donors (Lipinski definition) is 2. The van der Waals surface area contributed by atoms with Gasteiger partial charge in [0.1, 0.15) is 5.82 Å². The molecule has 0 bridgehead atoms. The fourth-order valence-electron chi connectivity index (χ4n) is 1.24. The van der Waals surface area contributed by atoms with Gasteiger partial charge in [0.2, 0.25) is 0 Å². The average Bonchev–Trinajstić information content (AvgIpc) is 2.25. The van der Waals surface area contributed by atoms with E-state index in [1.165, 1.54) is 19.3 Å². The van der Waals surface area contributed by atoms with E-state index in [1.807, 2.05) is 25.4 Å². The van der Waals surface area contributed by atoms with Crippen molar-refractivity contribution < 1.29 is 0 Å². The summed E-state index contributed by atoms with van der Waals surface area (Å²) in [5.41, 5.74) is 1.05. The van der Waals surface area contributed by atoms with E-state index in [9.17, 15) is 0 Å². The van der Waals surface area contributed by atoms with E-state index in [-0.39, 0.29) is 0 Å². The SMILES string of the molecule is CCCCCNc1ccc(NC)cn1. The summed E-state index contributed by atoms with van der Waals surface area (Å²) in [5, 5.41) is 6.33. The number of aromatic nitrogens is 1. The third-order valence-electron chi connectivity index (χ3n) is 2.14. The summed E-state index contributed by atoms with van der Waals surface area (Å²) in [7, 11) is 1.89. The number of unbranched alkanes of at least 4 members (excludes halogenated alkanes) is 2. The average molecular weight is 193 g/mol. The Labute approximate surface area is 85.9 Å². The number of nitrogens with zero attached hydrogens (tertiary/aromatic N) is 1. The van der Waals surface area contributed by atoms with Crippen molar-refractivity contribution in [3.63, 3.8) is 0 Å². The van der Waals surface area contributed by atoms with Crippen molar-refractivity contribution in [3.05, 3.63) is 18.3 Å². The lowest BCUT2D eigenvalue weighted by atomic mass is 10.2. The van der Waals surface area contributed by atoms with Crippen molar-refractivity contribution in [3.8, 4) is 0 Å². The molecule has 1 rings (SSSR count). The van der Waals surface area contributed by atoms with Crippen LogP contribution in [-0.4, -0.2) is 18.6 Å². The van der Waals surface area contributed by atoms with Crippen LogP contribution < -0.4 is 10.6 Å². The summed E-state index contributed by atoms with van der Waals surface area (Å²) in [5.74, 6) is 0.958. The van der Waals surface area contributed by atoms with Gasteiger partial charge in [-0.15, -0.1) is 0 Å². The highest BCUT2D eigenvalue weighted by Gasteiger charge is 1.93. The Morgan fingerprint density at radius 1 is 1.29 bits per heavy atom. The molecule has 78 valence electrons. The van der Waals surface area contributed by atoms with Gasteiger partial charge in [-0.3, -0.25) is 0 Å². The number of nitrogens with one attached hydrogen (secondary N) is 2. The second kappa shape index (κ2) is 6.24. The van der Waals surface area contributed by atoms with Gasteiger partial charge < -0.3 is 10.6 Å². The van der Waals surface area contributed by atoms with E-state index >= 15 is 0 Å². The molecule has 3 nitrogen and oxygen atoms in total. The maximum Gasteiger partial charge on any atom is 0.126 e. The van der Waals surface area contributed by atoms with Crippen LogP contribution in [0.5, 0.6) is 0 Å². The lowest BCUT2D eigenvalue weighted by Gasteiger charge is -2.05. The van der Waals surface area contributed by atoms with Crippen LogP contribution >= 0.6 is 0 Å². The molecule has 0 aliphatic rings. The third kappa shape index (κ3) is 3.64. The Morgan fingerprint density at radius 3 is 2.71 bits per heavy atom. The summed E-state index contributed by atoms with van der Waals surface area (Å²) in [6, 6.07) is 4.02. The van der Waals surface area contributed by atoms with E-state index in [4.69, 9.17) is 0 Å². The quantitative estimate of drug-likeness (QED) is 0.682. The summed E-state index contributed by atoms with van der Waals surface area (Å²) in [6.07, 6.45) is 5.59. The minimum Gasteiger partial charge on any atom is -0.387 e. The fraction of sp³-hybridized carbons (Fsp3) is 0.545. The summed E-state index contributed by atoms with van der Waals surface area (Å²) < 4.78 is 0. The van der Waals surface area contributed by atoms with Crippen molar-refractivity contribution in [1.29, 1.82) is 0 Å². The van der Waals surface area contributed by atoms with Gasteiger partial charge in [-0.25, -0.2) is 4.98 Å². The summed E-state index contributed by atoms with van der Waals surface area (Å²) >= 11 is 0. The van der Waals surface area contributed by atoms with Gasteiger partial charge in [-0.1, -0.05) is 19.8 Å². The summed E-state index contributed by atoms with van der Waals surface area (Å²) in [6.45, 7) is 3.22. The van der Waals surface area contributed by atoms with Crippen LogP contribution in [0.4, 0.5) is 11.5 Å². The van der Waals surface area contributed by atoms with Crippen LogP contribution in [-0.2, 0) is 0 Å². The lowest BCUT2D eigenvalue weighted by Crippen LogP contribution is -2.03. The van der Waals surface area contributed by atoms with E-state index in [0.29, 0.717) is 0 Å². The predicted octanol–water partition coefficient (Wildman–Crippen LogP) is 2.73. The van der Waals surface area contributed by atoms with Gasteiger partial charge in [0.15, 0.2) is 0 Å². The second-order valence-electron chi connectivity index (χ2n) is 3.32.